The first kappa shape index (κ1) is 20.4. The normalized spacial score (nSPS) is 25.3. The highest BCUT2D eigenvalue weighted by Gasteiger charge is 2.57. The Balaban J connectivity index is 1.51. The molecule has 8 heteroatoms. The molecule has 156 valence electrons. The molecule has 0 bridgehead atoms. The number of ether oxygens (including phenoxy) is 1. The predicted molar refractivity (Wildman–Crippen MR) is 111 cm³/mol. The topological polar surface area (TPSA) is 95.9 Å². The van der Waals surface area contributed by atoms with E-state index in [1.165, 1.54) is 23.6 Å². The minimum atomic E-state index is -1.82. The molecular weight excluding hydrogens is 404 g/mol. The highest BCUT2D eigenvalue weighted by atomic mass is 32.2. The summed E-state index contributed by atoms with van der Waals surface area (Å²) in [6.07, 6.45) is -0.675. The lowest BCUT2D eigenvalue weighted by Crippen LogP contribution is -2.75. The van der Waals surface area contributed by atoms with E-state index in [9.17, 15) is 19.5 Å². The second kappa shape index (κ2) is 8.12. The molecule has 2 unspecified atom stereocenters. The second-order valence-corrected chi connectivity index (χ2v) is 8.59. The molecule has 2 aliphatic heterocycles. The van der Waals surface area contributed by atoms with Crippen molar-refractivity contribution in [2.24, 2.45) is 0 Å². The average Bonchev–Trinajstić information content (AvgIpc) is 2.76. The van der Waals surface area contributed by atoms with Crippen LogP contribution < -0.4 is 5.32 Å². The molecule has 2 fully saturated rings. The average molecular weight is 426 g/mol. The van der Waals surface area contributed by atoms with E-state index in [-0.39, 0.29) is 29.5 Å². The zero-order chi connectivity index (χ0) is 21.3. The summed E-state index contributed by atoms with van der Waals surface area (Å²) in [7, 11) is 0. The Morgan fingerprint density at radius 3 is 2.23 bits per heavy atom. The zero-order valence-corrected chi connectivity index (χ0v) is 17.2. The lowest BCUT2D eigenvalue weighted by molar-refractivity contribution is -0.175. The van der Waals surface area contributed by atoms with Gasteiger partial charge in [-0.3, -0.25) is 9.59 Å². The molecule has 0 saturated carbocycles. The molecule has 2 N–H and O–H groups in total. The summed E-state index contributed by atoms with van der Waals surface area (Å²) in [5, 5.41) is 13.3. The first-order valence-corrected chi connectivity index (χ1v) is 10.7. The Morgan fingerprint density at radius 2 is 1.70 bits per heavy atom. The molecule has 2 amide bonds. The van der Waals surface area contributed by atoms with Gasteiger partial charge in [0.1, 0.15) is 11.4 Å². The molecule has 3 atom stereocenters. The van der Waals surface area contributed by atoms with E-state index in [1.807, 2.05) is 60.7 Å². The number of β-lactam (4-membered cyclic amide) rings is 1. The minimum Gasteiger partial charge on any atom is -0.450 e. The maximum absolute atomic E-state index is 13.0. The lowest BCUT2D eigenvalue weighted by atomic mass is 9.98. The fourth-order valence-corrected chi connectivity index (χ4v) is 5.10. The van der Waals surface area contributed by atoms with Crippen LogP contribution in [0.4, 0.5) is 0 Å². The van der Waals surface area contributed by atoms with Gasteiger partial charge in [-0.25, -0.2) is 4.79 Å². The van der Waals surface area contributed by atoms with E-state index in [2.05, 4.69) is 5.32 Å². The number of thioether (sulfide) groups is 1. The summed E-state index contributed by atoms with van der Waals surface area (Å²) in [6, 6.07) is 18.0. The van der Waals surface area contributed by atoms with Gasteiger partial charge in [0.15, 0.2) is 11.7 Å². The van der Waals surface area contributed by atoms with E-state index in [0.29, 0.717) is 0 Å². The van der Waals surface area contributed by atoms with Gasteiger partial charge < -0.3 is 20.1 Å². The maximum Gasteiger partial charge on any atom is 0.341 e. The summed E-state index contributed by atoms with van der Waals surface area (Å²) in [4.78, 5) is 38.1. The van der Waals surface area contributed by atoms with Crippen LogP contribution in [-0.4, -0.2) is 57.1 Å². The molecule has 2 aromatic rings. The van der Waals surface area contributed by atoms with Gasteiger partial charge in [-0.15, -0.1) is 11.8 Å². The van der Waals surface area contributed by atoms with Crippen LogP contribution in [0.1, 0.15) is 24.2 Å². The van der Waals surface area contributed by atoms with Crippen molar-refractivity contribution in [1.29, 1.82) is 0 Å². The summed E-state index contributed by atoms with van der Waals surface area (Å²) in [6.45, 7) is 1.19. The van der Waals surface area contributed by atoms with Crippen molar-refractivity contribution in [3.63, 3.8) is 0 Å². The Hall–Kier alpha value is -2.84. The van der Waals surface area contributed by atoms with E-state index in [0.717, 1.165) is 11.1 Å². The summed E-state index contributed by atoms with van der Waals surface area (Å²) >= 11 is 1.26. The van der Waals surface area contributed by atoms with E-state index in [1.54, 1.807) is 0 Å². The van der Waals surface area contributed by atoms with Crippen molar-refractivity contribution in [3.8, 4) is 0 Å². The van der Waals surface area contributed by atoms with Crippen LogP contribution in [0.15, 0.2) is 60.7 Å². The van der Waals surface area contributed by atoms with Crippen LogP contribution >= 0.6 is 11.8 Å². The molecule has 0 aromatic heterocycles. The third-order valence-corrected chi connectivity index (χ3v) is 6.75. The number of rotatable bonds is 5. The molecule has 2 heterocycles. The number of nitrogens with one attached hydrogen (secondary N) is 1. The van der Waals surface area contributed by atoms with Gasteiger partial charge in [0.25, 0.3) is 0 Å². The summed E-state index contributed by atoms with van der Waals surface area (Å²) in [5.74, 6) is -1.30. The van der Waals surface area contributed by atoms with Crippen molar-refractivity contribution in [2.75, 3.05) is 12.3 Å². The van der Waals surface area contributed by atoms with E-state index < -0.39 is 23.7 Å². The number of hydrogen-bond donors (Lipinski definition) is 2. The Morgan fingerprint density at radius 1 is 1.13 bits per heavy atom. The molecule has 2 aromatic carbocycles. The number of carbonyl (C=O) groups excluding carboxylic acids is 3. The number of amides is 2. The number of hydrogen-bond acceptors (Lipinski definition) is 6. The fraction of sp³-hybridized carbons (Fsp3) is 0.318. The van der Waals surface area contributed by atoms with Crippen LogP contribution in [0, 0.1) is 0 Å². The SMILES string of the molecule is CC(=O)NC1C(=O)N2CC(O)(C(=O)OC(c3ccccc3)c3ccccc3)CS[C@H]12. The van der Waals surface area contributed by atoms with Crippen molar-refractivity contribution in [3.05, 3.63) is 71.8 Å². The predicted octanol–water partition coefficient (Wildman–Crippen LogP) is 1.47. The molecule has 0 spiro atoms. The number of benzene rings is 2. The van der Waals surface area contributed by atoms with Gasteiger partial charge in [-0.2, -0.15) is 0 Å². The van der Waals surface area contributed by atoms with Crippen LogP contribution in [-0.2, 0) is 19.1 Å². The largest absolute Gasteiger partial charge is 0.450 e. The van der Waals surface area contributed by atoms with Crippen molar-refractivity contribution >= 4 is 29.5 Å². The lowest BCUT2D eigenvalue weighted by Gasteiger charge is -2.52. The molecule has 0 radical (unpaired) electrons. The third-order valence-electron chi connectivity index (χ3n) is 5.23. The molecule has 4 rings (SSSR count). The van der Waals surface area contributed by atoms with E-state index >= 15 is 0 Å². The molecule has 0 aliphatic carbocycles. The fourth-order valence-electron chi connectivity index (χ4n) is 3.71. The van der Waals surface area contributed by atoms with Gasteiger partial charge in [0.05, 0.1) is 6.54 Å². The molecular formula is C22H22N2O5S. The zero-order valence-electron chi connectivity index (χ0n) is 16.4. The molecule has 30 heavy (non-hydrogen) atoms. The number of carbonyl (C=O) groups is 3. The third kappa shape index (κ3) is 3.80. The smallest absolute Gasteiger partial charge is 0.341 e. The van der Waals surface area contributed by atoms with Crippen molar-refractivity contribution < 1.29 is 24.2 Å². The minimum absolute atomic E-state index is 0.0761. The standard InChI is InChI=1S/C22H22N2O5S/c1-14(25)23-17-19(26)24-12-22(28,13-30-20(17)24)21(27)29-18(15-8-4-2-5-9-15)16-10-6-3-7-11-16/h2-11,17-18,20,28H,12-13H2,1H3,(H,23,25)/t17?,20-,22?/m1/s1. The van der Waals surface area contributed by atoms with E-state index in [4.69, 9.17) is 4.74 Å². The van der Waals surface area contributed by atoms with Crippen LogP contribution in [0.2, 0.25) is 0 Å². The van der Waals surface area contributed by atoms with Gasteiger partial charge in [-0.05, 0) is 11.1 Å². The Labute approximate surface area is 178 Å². The number of nitrogens with zero attached hydrogens (tertiary/aromatic N) is 1. The first-order chi connectivity index (χ1) is 14.4. The number of esters is 1. The second-order valence-electron chi connectivity index (χ2n) is 7.48. The van der Waals surface area contributed by atoms with Crippen LogP contribution in [0.5, 0.6) is 0 Å². The quantitative estimate of drug-likeness (QED) is 0.555. The number of fused-ring (bicyclic) bond motifs is 1. The molecule has 7 nitrogen and oxygen atoms in total. The molecule has 2 saturated heterocycles. The summed E-state index contributed by atoms with van der Waals surface area (Å²) < 4.78 is 5.79. The van der Waals surface area contributed by atoms with Crippen molar-refractivity contribution in [2.45, 2.75) is 30.0 Å². The molecule has 2 aliphatic rings. The van der Waals surface area contributed by atoms with Gasteiger partial charge in [0.2, 0.25) is 11.8 Å². The van der Waals surface area contributed by atoms with Crippen molar-refractivity contribution in [1.82, 2.24) is 10.2 Å². The Bertz CT molecular complexity index is 915. The summed E-state index contributed by atoms with van der Waals surface area (Å²) in [5.41, 5.74) is -0.250. The number of aliphatic hydroxyl groups is 1. The first-order valence-electron chi connectivity index (χ1n) is 9.61. The highest BCUT2D eigenvalue weighted by molar-refractivity contribution is 8.00. The van der Waals surface area contributed by atoms with Crippen LogP contribution in [0.3, 0.4) is 0 Å². The maximum atomic E-state index is 13.0. The monoisotopic (exact) mass is 426 g/mol. The van der Waals surface area contributed by atoms with Crippen LogP contribution in [0.25, 0.3) is 0 Å². The van der Waals surface area contributed by atoms with Gasteiger partial charge in [0, 0.05) is 12.7 Å². The highest BCUT2D eigenvalue weighted by Crippen LogP contribution is 2.39. The van der Waals surface area contributed by atoms with Gasteiger partial charge in [-0.1, -0.05) is 60.7 Å². The Kier molecular flexibility index (Phi) is 5.53. The van der Waals surface area contributed by atoms with Gasteiger partial charge >= 0.3 is 5.97 Å².